The number of ether oxygens (including phenoxy) is 3. The second-order valence-corrected chi connectivity index (χ2v) is 4.56. The Bertz CT molecular complexity index is 551. The summed E-state index contributed by atoms with van der Waals surface area (Å²) in [7, 11) is 2.81. The third-order valence-corrected chi connectivity index (χ3v) is 3.21. The highest BCUT2D eigenvalue weighted by molar-refractivity contribution is 5.98. The Morgan fingerprint density at radius 1 is 1.33 bits per heavy atom. The van der Waals surface area contributed by atoms with Crippen LogP contribution in [0.15, 0.2) is 12.1 Å². The predicted molar refractivity (Wildman–Crippen MR) is 74.1 cm³/mol. The van der Waals surface area contributed by atoms with Crippen LogP contribution in [-0.4, -0.2) is 43.9 Å². The first-order valence-corrected chi connectivity index (χ1v) is 6.48. The Morgan fingerprint density at radius 3 is 2.62 bits per heavy atom. The summed E-state index contributed by atoms with van der Waals surface area (Å²) in [5, 5.41) is 11.7. The molecule has 0 aromatic heterocycles. The molecule has 0 aliphatic carbocycles. The fraction of sp³-hybridized carbons (Fsp3) is 0.429. The molecule has 0 saturated carbocycles. The fourth-order valence-electron chi connectivity index (χ4n) is 2.18. The normalized spacial score (nSPS) is 17.3. The third kappa shape index (κ3) is 3.25. The maximum absolute atomic E-state index is 12.1. The second kappa shape index (κ2) is 6.45. The molecule has 2 N–H and O–H groups in total. The van der Waals surface area contributed by atoms with Crippen LogP contribution in [0.3, 0.4) is 0 Å². The van der Waals surface area contributed by atoms with Gasteiger partial charge in [0.1, 0.15) is 6.10 Å². The van der Waals surface area contributed by atoms with Gasteiger partial charge in [-0.25, -0.2) is 4.79 Å². The van der Waals surface area contributed by atoms with Gasteiger partial charge in [-0.1, -0.05) is 0 Å². The number of hydrogen-bond donors (Lipinski definition) is 2. The number of anilines is 1. The average Bonchev–Trinajstić information content (AvgIpc) is 3.00. The largest absolute Gasteiger partial charge is 0.493 e. The van der Waals surface area contributed by atoms with Crippen molar-refractivity contribution in [3.05, 3.63) is 17.7 Å². The fourth-order valence-corrected chi connectivity index (χ4v) is 2.18. The molecule has 1 atom stereocenters. The molecule has 0 bridgehead atoms. The number of amides is 1. The van der Waals surface area contributed by atoms with Crippen molar-refractivity contribution in [1.29, 1.82) is 0 Å². The Balaban J connectivity index is 2.33. The highest BCUT2D eigenvalue weighted by Crippen LogP contribution is 2.37. The van der Waals surface area contributed by atoms with E-state index in [-0.39, 0.29) is 28.7 Å². The smallest absolute Gasteiger partial charge is 0.335 e. The number of nitrogens with one attached hydrogen (secondary N) is 1. The number of carbonyl (C=O) groups is 2. The van der Waals surface area contributed by atoms with Crippen LogP contribution >= 0.6 is 0 Å². The SMILES string of the molecule is COc1cc(C(=O)O)cc(NC(=O)[C@@H]2CCCO2)c1OC. The molecule has 114 valence electrons. The Labute approximate surface area is 121 Å². The number of carboxylic acid groups (broad SMARTS) is 1. The number of hydrogen-bond acceptors (Lipinski definition) is 5. The summed E-state index contributed by atoms with van der Waals surface area (Å²) in [4.78, 5) is 23.2. The van der Waals surface area contributed by atoms with Gasteiger partial charge in [-0.15, -0.1) is 0 Å². The highest BCUT2D eigenvalue weighted by Gasteiger charge is 2.25. The quantitative estimate of drug-likeness (QED) is 0.855. The van der Waals surface area contributed by atoms with Gasteiger partial charge in [-0.3, -0.25) is 4.79 Å². The van der Waals surface area contributed by atoms with Gasteiger partial charge in [0.05, 0.1) is 25.5 Å². The molecule has 1 heterocycles. The summed E-state index contributed by atoms with van der Waals surface area (Å²) >= 11 is 0. The molecule has 0 spiro atoms. The van der Waals surface area contributed by atoms with Crippen molar-refractivity contribution in [3.63, 3.8) is 0 Å². The van der Waals surface area contributed by atoms with E-state index in [2.05, 4.69) is 5.32 Å². The zero-order valence-electron chi connectivity index (χ0n) is 11.8. The third-order valence-electron chi connectivity index (χ3n) is 3.21. The van der Waals surface area contributed by atoms with Crippen molar-refractivity contribution < 1.29 is 28.9 Å². The molecule has 21 heavy (non-hydrogen) atoms. The van der Waals surface area contributed by atoms with E-state index in [1.807, 2.05) is 0 Å². The summed E-state index contributed by atoms with van der Waals surface area (Å²) in [6.45, 7) is 0.549. The minimum absolute atomic E-state index is 0.00436. The van der Waals surface area contributed by atoms with Gasteiger partial charge < -0.3 is 24.6 Å². The molecule has 1 aliphatic rings. The highest BCUT2D eigenvalue weighted by atomic mass is 16.5. The first-order chi connectivity index (χ1) is 10.1. The van der Waals surface area contributed by atoms with Gasteiger partial charge >= 0.3 is 5.97 Å². The summed E-state index contributed by atoms with van der Waals surface area (Å²) < 4.78 is 15.6. The zero-order chi connectivity index (χ0) is 15.4. The van der Waals surface area contributed by atoms with Crippen molar-refractivity contribution in [1.82, 2.24) is 0 Å². The first kappa shape index (κ1) is 15.1. The van der Waals surface area contributed by atoms with Crippen LogP contribution in [0.5, 0.6) is 11.5 Å². The van der Waals surface area contributed by atoms with Crippen molar-refractivity contribution in [2.24, 2.45) is 0 Å². The lowest BCUT2D eigenvalue weighted by molar-refractivity contribution is -0.124. The number of carboxylic acids is 1. The number of benzene rings is 1. The van der Waals surface area contributed by atoms with E-state index in [1.165, 1.54) is 26.4 Å². The monoisotopic (exact) mass is 295 g/mol. The van der Waals surface area contributed by atoms with E-state index in [0.29, 0.717) is 13.0 Å². The van der Waals surface area contributed by atoms with Crippen LogP contribution in [0.1, 0.15) is 23.2 Å². The molecule has 1 aromatic rings. The van der Waals surface area contributed by atoms with Crippen LogP contribution in [0, 0.1) is 0 Å². The predicted octanol–water partition coefficient (Wildman–Crippen LogP) is 1.52. The van der Waals surface area contributed by atoms with Gasteiger partial charge in [0.2, 0.25) is 0 Å². The van der Waals surface area contributed by atoms with E-state index in [9.17, 15) is 9.59 Å². The molecule has 1 saturated heterocycles. The maximum Gasteiger partial charge on any atom is 0.335 e. The summed E-state index contributed by atoms with van der Waals surface area (Å²) in [6.07, 6.45) is 0.951. The van der Waals surface area contributed by atoms with Gasteiger partial charge in [0.25, 0.3) is 5.91 Å². The number of methoxy groups -OCH3 is 2. The average molecular weight is 295 g/mol. The minimum Gasteiger partial charge on any atom is -0.493 e. The summed E-state index contributed by atoms with van der Waals surface area (Å²) in [5.41, 5.74) is 0.241. The minimum atomic E-state index is -1.12. The van der Waals surface area contributed by atoms with Crippen LogP contribution in [0.2, 0.25) is 0 Å². The first-order valence-electron chi connectivity index (χ1n) is 6.48. The molecule has 1 aromatic carbocycles. The number of aromatic carboxylic acids is 1. The van der Waals surface area contributed by atoms with Gasteiger partial charge in [0.15, 0.2) is 11.5 Å². The van der Waals surface area contributed by atoms with Crippen molar-refractivity contribution >= 4 is 17.6 Å². The zero-order valence-corrected chi connectivity index (χ0v) is 11.8. The van der Waals surface area contributed by atoms with Crippen molar-refractivity contribution in [2.45, 2.75) is 18.9 Å². The Morgan fingerprint density at radius 2 is 2.10 bits per heavy atom. The lowest BCUT2D eigenvalue weighted by atomic mass is 10.1. The molecular weight excluding hydrogens is 278 g/mol. The number of carbonyl (C=O) groups excluding carboxylic acids is 1. The maximum atomic E-state index is 12.1. The van der Waals surface area contributed by atoms with E-state index >= 15 is 0 Å². The van der Waals surface area contributed by atoms with E-state index in [4.69, 9.17) is 19.3 Å². The molecule has 0 radical (unpaired) electrons. The van der Waals surface area contributed by atoms with Crippen LogP contribution < -0.4 is 14.8 Å². The molecule has 1 amide bonds. The summed E-state index contributed by atoms with van der Waals surface area (Å²) in [6, 6.07) is 2.67. The van der Waals surface area contributed by atoms with E-state index in [1.54, 1.807) is 0 Å². The van der Waals surface area contributed by atoms with Crippen molar-refractivity contribution in [2.75, 3.05) is 26.1 Å². The molecule has 1 fully saturated rings. The van der Waals surface area contributed by atoms with Gasteiger partial charge in [0, 0.05) is 6.61 Å². The van der Waals surface area contributed by atoms with Crippen LogP contribution in [-0.2, 0) is 9.53 Å². The number of rotatable bonds is 5. The molecule has 1 aliphatic heterocycles. The van der Waals surface area contributed by atoms with E-state index in [0.717, 1.165) is 6.42 Å². The topological polar surface area (TPSA) is 94.1 Å². The molecule has 7 heteroatoms. The molecular formula is C14H17NO6. The standard InChI is InChI=1S/C14H17NO6/c1-19-11-7-8(14(17)18)6-9(12(11)20-2)15-13(16)10-4-3-5-21-10/h6-7,10H,3-5H2,1-2H3,(H,15,16)(H,17,18)/t10-/m0/s1. The second-order valence-electron chi connectivity index (χ2n) is 4.56. The summed E-state index contributed by atoms with van der Waals surface area (Å²) in [5.74, 6) is -0.937. The van der Waals surface area contributed by atoms with Crippen molar-refractivity contribution in [3.8, 4) is 11.5 Å². The Hall–Kier alpha value is -2.28. The van der Waals surface area contributed by atoms with Crippen LogP contribution in [0.25, 0.3) is 0 Å². The lowest BCUT2D eigenvalue weighted by Crippen LogP contribution is -2.27. The molecule has 2 rings (SSSR count). The molecule has 7 nitrogen and oxygen atoms in total. The Kier molecular flexibility index (Phi) is 4.64. The van der Waals surface area contributed by atoms with Gasteiger partial charge in [-0.05, 0) is 25.0 Å². The van der Waals surface area contributed by atoms with Crippen LogP contribution in [0.4, 0.5) is 5.69 Å². The van der Waals surface area contributed by atoms with E-state index < -0.39 is 12.1 Å². The lowest BCUT2D eigenvalue weighted by Gasteiger charge is -2.16. The molecule has 0 unspecified atom stereocenters. The van der Waals surface area contributed by atoms with Gasteiger partial charge in [-0.2, -0.15) is 0 Å².